The Morgan fingerprint density at radius 2 is 2.05 bits per heavy atom. The number of nitriles is 1. The standard InChI is InChI=1S/C17H22N2O3/c1-17(2,3)16(20)22-19-9-8-15(11-19)21-12-14-6-4-13(10-18)5-7-14/h4-7,15H,8-9,11-12H2,1-3H3. The largest absolute Gasteiger partial charge is 0.372 e. The molecule has 22 heavy (non-hydrogen) atoms. The summed E-state index contributed by atoms with van der Waals surface area (Å²) in [5, 5.41) is 10.4. The van der Waals surface area contributed by atoms with Crippen molar-refractivity contribution < 1.29 is 14.4 Å². The van der Waals surface area contributed by atoms with Gasteiger partial charge in [0.1, 0.15) is 0 Å². The van der Waals surface area contributed by atoms with Gasteiger partial charge in [-0.05, 0) is 44.9 Å². The molecule has 118 valence electrons. The predicted molar refractivity (Wildman–Crippen MR) is 81.5 cm³/mol. The van der Waals surface area contributed by atoms with E-state index >= 15 is 0 Å². The van der Waals surface area contributed by atoms with Gasteiger partial charge in [-0.1, -0.05) is 12.1 Å². The third kappa shape index (κ3) is 4.55. The predicted octanol–water partition coefficient (Wildman–Crippen LogP) is 2.65. The Labute approximate surface area is 131 Å². The summed E-state index contributed by atoms with van der Waals surface area (Å²) in [6.45, 7) is 7.30. The Bertz CT molecular complexity index is 555. The van der Waals surface area contributed by atoms with Crippen molar-refractivity contribution in [2.75, 3.05) is 13.1 Å². The van der Waals surface area contributed by atoms with Crippen molar-refractivity contribution in [2.45, 2.75) is 39.9 Å². The van der Waals surface area contributed by atoms with E-state index in [4.69, 9.17) is 14.8 Å². The fourth-order valence-corrected chi connectivity index (χ4v) is 2.06. The lowest BCUT2D eigenvalue weighted by Gasteiger charge is -2.21. The lowest BCUT2D eigenvalue weighted by Crippen LogP contribution is -2.33. The van der Waals surface area contributed by atoms with Gasteiger partial charge in [0.15, 0.2) is 0 Å². The number of nitrogens with zero attached hydrogens (tertiary/aromatic N) is 2. The maximum atomic E-state index is 11.8. The van der Waals surface area contributed by atoms with E-state index in [1.165, 1.54) is 0 Å². The van der Waals surface area contributed by atoms with Gasteiger partial charge in [0.05, 0.1) is 36.3 Å². The van der Waals surface area contributed by atoms with Crippen LogP contribution in [0.2, 0.25) is 0 Å². The van der Waals surface area contributed by atoms with Gasteiger partial charge in [0.2, 0.25) is 0 Å². The van der Waals surface area contributed by atoms with Crippen molar-refractivity contribution >= 4 is 5.97 Å². The van der Waals surface area contributed by atoms with E-state index in [1.54, 1.807) is 17.2 Å². The zero-order chi connectivity index (χ0) is 16.2. The number of carbonyl (C=O) groups excluding carboxylic acids is 1. The molecule has 0 N–H and O–H groups in total. The molecule has 1 aromatic carbocycles. The smallest absolute Gasteiger partial charge is 0.330 e. The molecule has 0 aliphatic carbocycles. The van der Waals surface area contributed by atoms with E-state index in [0.717, 1.165) is 12.0 Å². The molecule has 0 spiro atoms. The zero-order valence-electron chi connectivity index (χ0n) is 13.3. The molecule has 5 nitrogen and oxygen atoms in total. The monoisotopic (exact) mass is 302 g/mol. The molecule has 1 aliphatic heterocycles. The van der Waals surface area contributed by atoms with Gasteiger partial charge in [-0.25, -0.2) is 4.79 Å². The summed E-state index contributed by atoms with van der Waals surface area (Å²) in [4.78, 5) is 17.2. The highest BCUT2D eigenvalue weighted by atomic mass is 16.7. The van der Waals surface area contributed by atoms with Crippen LogP contribution in [-0.2, 0) is 21.0 Å². The molecule has 1 atom stereocenters. The molecule has 1 saturated heterocycles. The van der Waals surface area contributed by atoms with Gasteiger partial charge in [-0.3, -0.25) is 0 Å². The second kappa shape index (κ2) is 6.91. The molecule has 0 bridgehead atoms. The maximum absolute atomic E-state index is 11.8. The van der Waals surface area contributed by atoms with Crippen LogP contribution >= 0.6 is 0 Å². The SMILES string of the molecule is CC(C)(C)C(=O)ON1CCC(OCc2ccc(C#N)cc2)C1. The van der Waals surface area contributed by atoms with Crippen molar-refractivity contribution in [3.05, 3.63) is 35.4 Å². The van der Waals surface area contributed by atoms with Crippen LogP contribution in [0, 0.1) is 16.7 Å². The summed E-state index contributed by atoms with van der Waals surface area (Å²) in [7, 11) is 0. The minimum Gasteiger partial charge on any atom is -0.372 e. The van der Waals surface area contributed by atoms with Gasteiger partial charge in [0.25, 0.3) is 0 Å². The van der Waals surface area contributed by atoms with Crippen molar-refractivity contribution in [1.82, 2.24) is 5.06 Å². The van der Waals surface area contributed by atoms with E-state index in [9.17, 15) is 4.79 Å². The summed E-state index contributed by atoms with van der Waals surface area (Å²) in [5.74, 6) is -0.222. The first-order valence-corrected chi connectivity index (χ1v) is 7.46. The quantitative estimate of drug-likeness (QED) is 0.855. The Kier molecular flexibility index (Phi) is 5.17. The first kappa shape index (κ1) is 16.5. The van der Waals surface area contributed by atoms with Crippen molar-refractivity contribution in [3.8, 4) is 6.07 Å². The summed E-state index contributed by atoms with van der Waals surface area (Å²) < 4.78 is 5.84. The molecule has 0 amide bonds. The number of carbonyl (C=O) groups is 1. The van der Waals surface area contributed by atoms with Gasteiger partial charge < -0.3 is 9.57 Å². The molecule has 1 aromatic rings. The van der Waals surface area contributed by atoms with Gasteiger partial charge in [0, 0.05) is 6.54 Å². The molecule has 1 fully saturated rings. The molecular weight excluding hydrogens is 280 g/mol. The van der Waals surface area contributed by atoms with Crippen LogP contribution in [0.25, 0.3) is 0 Å². The topological polar surface area (TPSA) is 62.6 Å². The van der Waals surface area contributed by atoms with Crippen LogP contribution < -0.4 is 0 Å². The highest BCUT2D eigenvalue weighted by molar-refractivity contribution is 5.75. The fraction of sp³-hybridized carbons (Fsp3) is 0.529. The normalized spacial score (nSPS) is 18.9. The minimum absolute atomic E-state index is 0.0587. The number of hydrogen-bond acceptors (Lipinski definition) is 5. The van der Waals surface area contributed by atoms with Gasteiger partial charge in [-0.2, -0.15) is 5.26 Å². The van der Waals surface area contributed by atoms with Crippen LogP contribution in [0.5, 0.6) is 0 Å². The molecule has 1 aliphatic rings. The second-order valence-corrected chi connectivity index (χ2v) is 6.55. The third-order valence-electron chi connectivity index (χ3n) is 3.50. The Hall–Kier alpha value is -1.90. The number of ether oxygens (including phenoxy) is 1. The second-order valence-electron chi connectivity index (χ2n) is 6.55. The van der Waals surface area contributed by atoms with Crippen LogP contribution in [-0.4, -0.2) is 30.2 Å². The van der Waals surface area contributed by atoms with Crippen LogP contribution in [0.3, 0.4) is 0 Å². The summed E-state index contributed by atoms with van der Waals surface area (Å²) in [6.07, 6.45) is 0.900. The number of benzene rings is 1. The lowest BCUT2D eigenvalue weighted by molar-refractivity contribution is -0.197. The first-order chi connectivity index (χ1) is 10.4. The molecule has 1 unspecified atom stereocenters. The highest BCUT2D eigenvalue weighted by Crippen LogP contribution is 2.20. The summed E-state index contributed by atoms with van der Waals surface area (Å²) in [5.41, 5.74) is 1.18. The van der Waals surface area contributed by atoms with Crippen LogP contribution in [0.15, 0.2) is 24.3 Å². The number of hydroxylamine groups is 2. The maximum Gasteiger partial charge on any atom is 0.330 e. The zero-order valence-corrected chi connectivity index (χ0v) is 13.3. The summed E-state index contributed by atoms with van der Waals surface area (Å²) in [6, 6.07) is 9.44. The average Bonchev–Trinajstić information content (AvgIpc) is 2.92. The number of rotatable bonds is 4. The van der Waals surface area contributed by atoms with E-state index in [-0.39, 0.29) is 12.1 Å². The van der Waals surface area contributed by atoms with Crippen molar-refractivity contribution in [1.29, 1.82) is 5.26 Å². The number of hydrogen-bond donors (Lipinski definition) is 0. The van der Waals surface area contributed by atoms with E-state index in [2.05, 4.69) is 6.07 Å². The lowest BCUT2D eigenvalue weighted by atomic mass is 9.98. The average molecular weight is 302 g/mol. The minimum atomic E-state index is -0.499. The van der Waals surface area contributed by atoms with Crippen molar-refractivity contribution in [2.24, 2.45) is 5.41 Å². The van der Waals surface area contributed by atoms with Crippen molar-refractivity contribution in [3.63, 3.8) is 0 Å². The fourth-order valence-electron chi connectivity index (χ4n) is 2.06. The van der Waals surface area contributed by atoms with Crippen LogP contribution in [0.1, 0.15) is 38.3 Å². The molecule has 5 heteroatoms. The van der Waals surface area contributed by atoms with E-state index < -0.39 is 5.41 Å². The molecular formula is C17H22N2O3. The molecule has 0 aromatic heterocycles. The third-order valence-corrected chi connectivity index (χ3v) is 3.50. The van der Waals surface area contributed by atoms with E-state index in [1.807, 2.05) is 32.9 Å². The first-order valence-electron chi connectivity index (χ1n) is 7.46. The Morgan fingerprint density at radius 3 is 2.64 bits per heavy atom. The molecule has 2 rings (SSSR count). The summed E-state index contributed by atoms with van der Waals surface area (Å²) >= 11 is 0. The van der Waals surface area contributed by atoms with Crippen LogP contribution in [0.4, 0.5) is 0 Å². The van der Waals surface area contributed by atoms with Gasteiger partial charge >= 0.3 is 5.97 Å². The molecule has 1 heterocycles. The Balaban J connectivity index is 1.76. The van der Waals surface area contributed by atoms with E-state index in [0.29, 0.717) is 25.3 Å². The Morgan fingerprint density at radius 1 is 1.36 bits per heavy atom. The highest BCUT2D eigenvalue weighted by Gasteiger charge is 2.30. The molecule has 0 saturated carbocycles. The van der Waals surface area contributed by atoms with Gasteiger partial charge in [-0.15, -0.1) is 5.06 Å². The molecule has 0 radical (unpaired) electrons.